The molecule has 1 aromatic heterocycles. The van der Waals surface area contributed by atoms with Crippen LogP contribution in [0, 0.1) is 11.3 Å². The number of fused-ring (bicyclic) bond motifs is 1. The van der Waals surface area contributed by atoms with Crippen LogP contribution in [0.1, 0.15) is 17.9 Å². The first-order valence-corrected chi connectivity index (χ1v) is 8.63. The highest BCUT2D eigenvalue weighted by Crippen LogP contribution is 2.26. The topological polar surface area (TPSA) is 50.8 Å². The molecule has 6 heteroatoms. The van der Waals surface area contributed by atoms with Crippen molar-refractivity contribution in [2.45, 2.75) is 13.2 Å². The summed E-state index contributed by atoms with van der Waals surface area (Å²) < 4.78 is 33.5. The minimum absolute atomic E-state index is 0.0603. The molecule has 0 aliphatic carbocycles. The van der Waals surface area contributed by atoms with E-state index in [2.05, 4.69) is 11.1 Å². The monoisotopic (exact) mass is 375 g/mol. The lowest BCUT2D eigenvalue weighted by Crippen LogP contribution is -2.07. The summed E-state index contributed by atoms with van der Waals surface area (Å²) in [6.45, 7) is -2.75. The molecule has 0 unspecified atom stereocenters. The maximum Gasteiger partial charge on any atom is 0.320 e. The SMILES string of the molecule is N#Cc1ccc(-c2ccc(OCc3nc4ccccc4n3C(F)F)cc2)cc1. The lowest BCUT2D eigenvalue weighted by molar-refractivity contribution is 0.0677. The number of benzene rings is 3. The first kappa shape index (κ1) is 17.7. The third-order valence-electron chi connectivity index (χ3n) is 4.43. The number of aromatic nitrogens is 2. The third-order valence-corrected chi connectivity index (χ3v) is 4.43. The van der Waals surface area contributed by atoms with Gasteiger partial charge in [-0.1, -0.05) is 36.4 Å². The number of alkyl halides is 2. The summed E-state index contributed by atoms with van der Waals surface area (Å²) in [4.78, 5) is 4.26. The van der Waals surface area contributed by atoms with E-state index in [0.29, 0.717) is 22.3 Å². The number of hydrogen-bond acceptors (Lipinski definition) is 3. The van der Waals surface area contributed by atoms with Crippen molar-refractivity contribution >= 4 is 11.0 Å². The molecule has 0 saturated heterocycles. The summed E-state index contributed by atoms with van der Waals surface area (Å²) in [7, 11) is 0. The van der Waals surface area contributed by atoms with Gasteiger partial charge < -0.3 is 4.74 Å². The summed E-state index contributed by atoms with van der Waals surface area (Å²) in [5, 5.41) is 8.87. The third kappa shape index (κ3) is 3.42. The fraction of sp³-hybridized carbons (Fsp3) is 0.0909. The predicted octanol–water partition coefficient (Wildman–Crippen LogP) is 5.55. The van der Waals surface area contributed by atoms with E-state index in [-0.39, 0.29) is 12.4 Å². The van der Waals surface area contributed by atoms with Crippen LogP contribution in [0.3, 0.4) is 0 Å². The van der Waals surface area contributed by atoms with E-state index in [1.807, 2.05) is 24.3 Å². The fourth-order valence-electron chi connectivity index (χ4n) is 3.04. The Kier molecular flexibility index (Phi) is 4.73. The van der Waals surface area contributed by atoms with Crippen LogP contribution >= 0.6 is 0 Å². The zero-order chi connectivity index (χ0) is 19.5. The van der Waals surface area contributed by atoms with Crippen molar-refractivity contribution in [1.29, 1.82) is 5.26 Å². The molecule has 4 nitrogen and oxygen atoms in total. The molecule has 138 valence electrons. The fourth-order valence-corrected chi connectivity index (χ4v) is 3.04. The van der Waals surface area contributed by atoms with Crippen molar-refractivity contribution in [3.63, 3.8) is 0 Å². The van der Waals surface area contributed by atoms with Crippen molar-refractivity contribution < 1.29 is 13.5 Å². The van der Waals surface area contributed by atoms with Gasteiger partial charge in [0.25, 0.3) is 0 Å². The molecule has 0 fully saturated rings. The molecule has 3 aromatic carbocycles. The minimum atomic E-state index is -2.69. The Morgan fingerprint density at radius 1 is 0.929 bits per heavy atom. The molecule has 0 aliphatic heterocycles. The van der Waals surface area contributed by atoms with Gasteiger partial charge in [0.2, 0.25) is 0 Å². The Hall–Kier alpha value is -3.72. The number of halogens is 2. The van der Waals surface area contributed by atoms with E-state index in [1.54, 1.807) is 48.5 Å². The standard InChI is InChI=1S/C22H15F2N3O/c23-22(24)27-20-4-2-1-3-19(20)26-21(27)14-28-18-11-9-17(10-12-18)16-7-5-15(13-25)6-8-16/h1-12,22H,14H2. The molecule has 0 radical (unpaired) electrons. The van der Waals surface area contributed by atoms with Crippen molar-refractivity contribution in [2.24, 2.45) is 0 Å². The number of nitriles is 1. The van der Waals surface area contributed by atoms with Crippen LogP contribution in [0.15, 0.2) is 72.8 Å². The Morgan fingerprint density at radius 3 is 2.21 bits per heavy atom. The van der Waals surface area contributed by atoms with Crippen LogP contribution in [0.25, 0.3) is 22.2 Å². The van der Waals surface area contributed by atoms with E-state index in [0.717, 1.165) is 15.7 Å². The molecule has 4 rings (SSSR count). The Labute approximate surface area is 160 Å². The molecule has 0 bridgehead atoms. The van der Waals surface area contributed by atoms with E-state index in [1.165, 1.54) is 0 Å². The summed E-state index contributed by atoms with van der Waals surface area (Å²) in [5.41, 5.74) is 3.44. The number of ether oxygens (including phenoxy) is 1. The van der Waals surface area contributed by atoms with E-state index < -0.39 is 6.55 Å². The molecule has 0 saturated carbocycles. The van der Waals surface area contributed by atoms with Crippen LogP contribution in [0.5, 0.6) is 5.75 Å². The predicted molar refractivity (Wildman–Crippen MR) is 102 cm³/mol. The van der Waals surface area contributed by atoms with Gasteiger partial charge in [-0.2, -0.15) is 14.0 Å². The van der Waals surface area contributed by atoms with Gasteiger partial charge in [0.15, 0.2) is 5.82 Å². The van der Waals surface area contributed by atoms with Crippen LogP contribution in [0.2, 0.25) is 0 Å². The number of hydrogen-bond donors (Lipinski definition) is 0. The summed E-state index contributed by atoms with van der Waals surface area (Å²) in [5.74, 6) is 0.734. The molecule has 0 aliphatic rings. The number of imidazole rings is 1. The van der Waals surface area contributed by atoms with Crippen LogP contribution in [-0.4, -0.2) is 9.55 Å². The number of rotatable bonds is 5. The van der Waals surface area contributed by atoms with Crippen LogP contribution < -0.4 is 4.74 Å². The smallest absolute Gasteiger partial charge is 0.320 e. The average molecular weight is 375 g/mol. The van der Waals surface area contributed by atoms with Gasteiger partial charge in [0.05, 0.1) is 22.7 Å². The summed E-state index contributed by atoms with van der Waals surface area (Å²) in [6, 6.07) is 23.5. The van der Waals surface area contributed by atoms with Crippen molar-refractivity contribution in [3.05, 3.63) is 84.2 Å². The molecule has 0 N–H and O–H groups in total. The maximum absolute atomic E-state index is 13.5. The van der Waals surface area contributed by atoms with Crippen LogP contribution in [-0.2, 0) is 6.61 Å². The second-order valence-electron chi connectivity index (χ2n) is 6.17. The molecule has 0 spiro atoms. The second-order valence-corrected chi connectivity index (χ2v) is 6.17. The molecule has 28 heavy (non-hydrogen) atoms. The first-order valence-electron chi connectivity index (χ1n) is 8.63. The highest BCUT2D eigenvalue weighted by Gasteiger charge is 2.17. The van der Waals surface area contributed by atoms with Gasteiger partial charge in [0.1, 0.15) is 12.4 Å². The molecular formula is C22H15F2N3O. The molecule has 1 heterocycles. The lowest BCUT2D eigenvalue weighted by Gasteiger charge is -2.10. The Balaban J connectivity index is 1.52. The molecule has 0 amide bonds. The van der Waals surface area contributed by atoms with Gasteiger partial charge in [-0.05, 0) is 47.5 Å². The second kappa shape index (κ2) is 7.49. The Morgan fingerprint density at radius 2 is 1.57 bits per heavy atom. The van der Waals surface area contributed by atoms with Crippen molar-refractivity contribution in [3.8, 4) is 22.9 Å². The van der Waals surface area contributed by atoms with Crippen molar-refractivity contribution in [2.75, 3.05) is 0 Å². The van der Waals surface area contributed by atoms with Gasteiger partial charge in [0, 0.05) is 0 Å². The van der Waals surface area contributed by atoms with E-state index in [4.69, 9.17) is 10.00 Å². The van der Waals surface area contributed by atoms with Gasteiger partial charge in [-0.25, -0.2) is 4.98 Å². The quantitative estimate of drug-likeness (QED) is 0.460. The van der Waals surface area contributed by atoms with Gasteiger partial charge >= 0.3 is 6.55 Å². The molecule has 0 atom stereocenters. The minimum Gasteiger partial charge on any atom is -0.486 e. The zero-order valence-electron chi connectivity index (χ0n) is 14.7. The normalized spacial score (nSPS) is 10.9. The van der Waals surface area contributed by atoms with E-state index in [9.17, 15) is 8.78 Å². The number of nitrogens with zero attached hydrogens (tertiary/aromatic N) is 3. The van der Waals surface area contributed by atoms with Crippen molar-refractivity contribution in [1.82, 2.24) is 9.55 Å². The Bertz CT molecular complexity index is 1140. The largest absolute Gasteiger partial charge is 0.486 e. The highest BCUT2D eigenvalue weighted by atomic mass is 19.3. The lowest BCUT2D eigenvalue weighted by atomic mass is 10.0. The van der Waals surface area contributed by atoms with Crippen LogP contribution in [0.4, 0.5) is 8.78 Å². The van der Waals surface area contributed by atoms with Gasteiger partial charge in [-0.3, -0.25) is 4.57 Å². The molecular weight excluding hydrogens is 360 g/mol. The zero-order valence-corrected chi connectivity index (χ0v) is 14.7. The highest BCUT2D eigenvalue weighted by molar-refractivity contribution is 5.76. The average Bonchev–Trinajstić information content (AvgIpc) is 3.11. The van der Waals surface area contributed by atoms with Gasteiger partial charge in [-0.15, -0.1) is 0 Å². The number of para-hydroxylation sites is 2. The summed E-state index contributed by atoms with van der Waals surface area (Å²) in [6.07, 6.45) is 0. The first-order chi connectivity index (χ1) is 13.7. The summed E-state index contributed by atoms with van der Waals surface area (Å²) >= 11 is 0. The van der Waals surface area contributed by atoms with E-state index >= 15 is 0 Å². The maximum atomic E-state index is 13.5. The molecule has 4 aromatic rings.